The fourth-order valence-electron chi connectivity index (χ4n) is 1.37. The van der Waals surface area contributed by atoms with Crippen LogP contribution in [0.4, 0.5) is 13.2 Å². The summed E-state index contributed by atoms with van der Waals surface area (Å²) in [6.07, 6.45) is -4.42. The maximum Gasteiger partial charge on any atom is 0.406 e. The van der Waals surface area contributed by atoms with Gasteiger partial charge in [-0.1, -0.05) is 33.6 Å². The molecule has 1 amide bonds. The van der Waals surface area contributed by atoms with E-state index >= 15 is 0 Å². The Morgan fingerprint density at radius 2 is 2.06 bits per heavy atom. The van der Waals surface area contributed by atoms with Crippen LogP contribution in [-0.4, -0.2) is 35.4 Å². The van der Waals surface area contributed by atoms with Crippen molar-refractivity contribution in [2.24, 2.45) is 0 Å². The maximum absolute atomic E-state index is 12.3. The topological polar surface area (TPSA) is 20.3 Å². The SMILES string of the molecule is O=C(c1cccc(Cl)c1)N(CCBr)CC(F)(F)F. The normalized spacial score (nSPS) is 11.4. The van der Waals surface area contributed by atoms with Crippen LogP contribution >= 0.6 is 27.5 Å². The molecule has 0 aliphatic carbocycles. The number of alkyl halides is 4. The molecule has 0 N–H and O–H groups in total. The summed E-state index contributed by atoms with van der Waals surface area (Å²) in [5, 5.41) is 0.585. The smallest absolute Gasteiger partial charge is 0.329 e. The summed E-state index contributed by atoms with van der Waals surface area (Å²) in [6, 6.07) is 5.86. The van der Waals surface area contributed by atoms with E-state index in [1.165, 1.54) is 18.2 Å². The molecule has 0 aliphatic heterocycles. The summed E-state index contributed by atoms with van der Waals surface area (Å²) in [7, 11) is 0. The fourth-order valence-corrected chi connectivity index (χ4v) is 1.99. The van der Waals surface area contributed by atoms with Crippen molar-refractivity contribution in [1.29, 1.82) is 0 Å². The number of halogens is 5. The average Bonchev–Trinajstić information content (AvgIpc) is 2.26. The second kappa shape index (κ2) is 6.43. The molecule has 0 unspecified atom stereocenters. The summed E-state index contributed by atoms with van der Waals surface area (Å²) < 4.78 is 37.0. The quantitative estimate of drug-likeness (QED) is 0.762. The molecule has 0 fully saturated rings. The minimum absolute atomic E-state index is 0.0230. The molecule has 1 rings (SSSR count). The molecular weight excluding hydrogens is 334 g/mol. The van der Waals surface area contributed by atoms with E-state index in [1.807, 2.05) is 0 Å². The number of hydrogen-bond donors (Lipinski definition) is 0. The van der Waals surface area contributed by atoms with Gasteiger partial charge in [-0.3, -0.25) is 4.79 Å². The van der Waals surface area contributed by atoms with Crippen molar-refractivity contribution < 1.29 is 18.0 Å². The number of benzene rings is 1. The summed E-state index contributed by atoms with van der Waals surface area (Å²) in [5.74, 6) is -0.686. The van der Waals surface area contributed by atoms with Gasteiger partial charge in [0.05, 0.1) is 0 Å². The molecule has 100 valence electrons. The van der Waals surface area contributed by atoms with Crippen molar-refractivity contribution in [3.05, 3.63) is 34.9 Å². The first-order chi connectivity index (χ1) is 8.33. The molecule has 7 heteroatoms. The van der Waals surface area contributed by atoms with Crippen LogP contribution < -0.4 is 0 Å². The van der Waals surface area contributed by atoms with Gasteiger partial charge in [-0.25, -0.2) is 0 Å². The Morgan fingerprint density at radius 3 is 2.56 bits per heavy atom. The first-order valence-corrected chi connectivity index (χ1v) is 6.51. The molecule has 0 bridgehead atoms. The number of hydrogen-bond acceptors (Lipinski definition) is 1. The number of carbonyl (C=O) groups excluding carboxylic acids is 1. The van der Waals surface area contributed by atoms with E-state index < -0.39 is 18.6 Å². The molecule has 0 aromatic heterocycles. The zero-order chi connectivity index (χ0) is 13.8. The summed E-state index contributed by atoms with van der Waals surface area (Å²) >= 11 is 8.73. The predicted molar refractivity (Wildman–Crippen MR) is 67.2 cm³/mol. The number of nitrogens with zero attached hydrogens (tertiary/aromatic N) is 1. The largest absolute Gasteiger partial charge is 0.406 e. The third-order valence-electron chi connectivity index (χ3n) is 2.08. The monoisotopic (exact) mass is 343 g/mol. The van der Waals surface area contributed by atoms with Crippen LogP contribution in [0.15, 0.2) is 24.3 Å². The lowest BCUT2D eigenvalue weighted by molar-refractivity contribution is -0.140. The first-order valence-electron chi connectivity index (χ1n) is 5.01. The van der Waals surface area contributed by atoms with Crippen molar-refractivity contribution in [2.45, 2.75) is 6.18 Å². The second-order valence-corrected chi connectivity index (χ2v) is 4.77. The van der Waals surface area contributed by atoms with Crippen LogP contribution in [0.25, 0.3) is 0 Å². The molecule has 0 saturated carbocycles. The van der Waals surface area contributed by atoms with E-state index in [0.29, 0.717) is 5.02 Å². The lowest BCUT2D eigenvalue weighted by Gasteiger charge is -2.23. The number of rotatable bonds is 4. The molecule has 18 heavy (non-hydrogen) atoms. The Balaban J connectivity index is 2.89. The van der Waals surface area contributed by atoms with Crippen molar-refractivity contribution in [1.82, 2.24) is 4.90 Å². The van der Waals surface area contributed by atoms with E-state index in [0.717, 1.165) is 4.90 Å². The van der Waals surface area contributed by atoms with Crippen molar-refractivity contribution in [3.63, 3.8) is 0 Å². The molecule has 1 aromatic rings. The Morgan fingerprint density at radius 1 is 1.39 bits per heavy atom. The highest BCUT2D eigenvalue weighted by Gasteiger charge is 2.33. The highest BCUT2D eigenvalue weighted by Crippen LogP contribution is 2.19. The molecule has 2 nitrogen and oxygen atoms in total. The average molecular weight is 345 g/mol. The minimum atomic E-state index is -4.42. The minimum Gasteiger partial charge on any atom is -0.329 e. The number of carbonyl (C=O) groups is 1. The Bertz CT molecular complexity index is 425. The van der Waals surface area contributed by atoms with E-state index in [4.69, 9.17) is 11.6 Å². The van der Waals surface area contributed by atoms with Gasteiger partial charge in [0, 0.05) is 22.5 Å². The zero-order valence-corrected chi connectivity index (χ0v) is 11.5. The van der Waals surface area contributed by atoms with Crippen LogP contribution in [0.1, 0.15) is 10.4 Å². The van der Waals surface area contributed by atoms with Crippen LogP contribution in [0.3, 0.4) is 0 Å². The lowest BCUT2D eigenvalue weighted by Crippen LogP contribution is -2.40. The molecule has 0 spiro atoms. The highest BCUT2D eigenvalue weighted by molar-refractivity contribution is 9.09. The van der Waals surface area contributed by atoms with Crippen molar-refractivity contribution >= 4 is 33.4 Å². The Labute approximate surface area is 116 Å². The van der Waals surface area contributed by atoms with Crippen LogP contribution in [0.5, 0.6) is 0 Å². The standard InChI is InChI=1S/C11H10BrClF3NO/c12-4-5-17(7-11(14,15)16)10(18)8-2-1-3-9(13)6-8/h1-3,6H,4-5,7H2. The molecule has 1 aromatic carbocycles. The van der Waals surface area contributed by atoms with Gasteiger partial charge in [-0.15, -0.1) is 0 Å². The van der Waals surface area contributed by atoms with E-state index in [9.17, 15) is 18.0 Å². The van der Waals surface area contributed by atoms with E-state index in [2.05, 4.69) is 15.9 Å². The van der Waals surface area contributed by atoms with Crippen LogP contribution in [0.2, 0.25) is 5.02 Å². The maximum atomic E-state index is 12.3. The van der Waals surface area contributed by atoms with Crippen LogP contribution in [-0.2, 0) is 0 Å². The molecule has 0 radical (unpaired) electrons. The van der Waals surface area contributed by atoms with Gasteiger partial charge < -0.3 is 4.90 Å². The van der Waals surface area contributed by atoms with E-state index in [1.54, 1.807) is 6.07 Å². The summed E-state index contributed by atoms with van der Waals surface area (Å²) in [4.78, 5) is 12.6. The van der Waals surface area contributed by atoms with Crippen molar-refractivity contribution in [2.75, 3.05) is 18.4 Å². The summed E-state index contributed by atoms with van der Waals surface area (Å²) in [5.41, 5.74) is 0.146. The predicted octanol–water partition coefficient (Wildman–Crippen LogP) is 3.74. The zero-order valence-electron chi connectivity index (χ0n) is 9.18. The van der Waals surface area contributed by atoms with Gasteiger partial charge in [0.1, 0.15) is 6.54 Å². The third kappa shape index (κ3) is 4.86. The van der Waals surface area contributed by atoms with E-state index in [-0.39, 0.29) is 17.4 Å². The van der Waals surface area contributed by atoms with Gasteiger partial charge in [-0.2, -0.15) is 13.2 Å². The van der Waals surface area contributed by atoms with Crippen molar-refractivity contribution in [3.8, 4) is 0 Å². The molecule has 0 saturated heterocycles. The Kier molecular flexibility index (Phi) is 5.47. The number of amides is 1. The fraction of sp³-hybridized carbons (Fsp3) is 0.364. The van der Waals surface area contributed by atoms with Gasteiger partial charge in [0.2, 0.25) is 0 Å². The lowest BCUT2D eigenvalue weighted by atomic mass is 10.2. The molecule has 0 heterocycles. The Hall–Kier alpha value is -0.750. The molecule has 0 aliphatic rings. The van der Waals surface area contributed by atoms with Gasteiger partial charge >= 0.3 is 6.18 Å². The molecule has 0 atom stereocenters. The molecular formula is C11H10BrClF3NO. The highest BCUT2D eigenvalue weighted by atomic mass is 79.9. The summed E-state index contributed by atoms with van der Waals surface area (Å²) in [6.45, 7) is -1.30. The third-order valence-corrected chi connectivity index (χ3v) is 2.67. The van der Waals surface area contributed by atoms with Gasteiger partial charge in [0.15, 0.2) is 0 Å². The first kappa shape index (κ1) is 15.3. The van der Waals surface area contributed by atoms with Crippen LogP contribution in [0, 0.1) is 0 Å². The van der Waals surface area contributed by atoms with Gasteiger partial charge in [0.25, 0.3) is 5.91 Å². The second-order valence-electron chi connectivity index (χ2n) is 3.54. The van der Waals surface area contributed by atoms with Gasteiger partial charge in [-0.05, 0) is 18.2 Å².